The third-order valence-corrected chi connectivity index (χ3v) is 11.1. The highest BCUT2D eigenvalue weighted by atomic mass is 28.2. The van der Waals surface area contributed by atoms with Gasteiger partial charge in [-0.15, -0.1) is 0 Å². The summed E-state index contributed by atoms with van der Waals surface area (Å²) in [5, 5.41) is 3.43. The molecule has 96 valence electrons. The minimum Gasteiger partial charge on any atom is -0.0816 e. The van der Waals surface area contributed by atoms with E-state index >= 15 is 0 Å². The van der Waals surface area contributed by atoms with Gasteiger partial charge in [-0.05, 0) is 51.6 Å². The molecule has 6 bridgehead atoms. The van der Waals surface area contributed by atoms with E-state index in [2.05, 4.69) is 54.8 Å². The zero-order valence-electron chi connectivity index (χ0n) is 11.6. The summed E-state index contributed by atoms with van der Waals surface area (Å²) >= 11 is 0. The number of rotatable bonds is 0. The highest BCUT2D eigenvalue weighted by Crippen LogP contribution is 2.41. The zero-order valence-corrected chi connectivity index (χ0v) is 13.6. The van der Waals surface area contributed by atoms with Crippen LogP contribution in [0.4, 0.5) is 0 Å². The molecule has 0 aromatic heterocycles. The van der Waals surface area contributed by atoms with E-state index in [9.17, 15) is 0 Å². The Bertz CT molecular complexity index is 804. The van der Waals surface area contributed by atoms with Crippen molar-refractivity contribution in [1.82, 2.24) is 0 Å². The molecule has 0 spiro atoms. The number of allylic oxidation sites excluding steroid dienone is 10. The molecule has 3 aliphatic carbocycles. The first-order valence-corrected chi connectivity index (χ1v) is 11.0. The normalized spacial score (nSPS) is 36.0. The lowest BCUT2D eigenvalue weighted by atomic mass is 9.80. The third kappa shape index (κ3) is 1.31. The number of fused-ring (bicyclic) bond motifs is 2. The predicted octanol–water partition coefficient (Wildman–Crippen LogP) is 3.08. The van der Waals surface area contributed by atoms with Crippen LogP contribution in [0.2, 0.25) is 12.1 Å². The molecular formula is C18H16Si2. The smallest absolute Gasteiger partial charge is 0.0462 e. The molecule has 3 heterocycles. The van der Waals surface area contributed by atoms with Crippen LogP contribution in [-0.2, 0) is 0 Å². The van der Waals surface area contributed by atoms with Crippen molar-refractivity contribution in [2.75, 3.05) is 0 Å². The predicted molar refractivity (Wildman–Crippen MR) is 90.9 cm³/mol. The maximum atomic E-state index is 2.62. The van der Waals surface area contributed by atoms with E-state index < -0.39 is 16.8 Å². The molecule has 3 aliphatic heterocycles. The number of hydrogen-bond donors (Lipinski definition) is 0. The lowest BCUT2D eigenvalue weighted by Crippen LogP contribution is -2.32. The standard InChI is InChI=1S/C18H16Si2/c1-12-10-15-16-11-13-4-2-3-5-14(13)17(15)18(12)20-8-6-19(16)7-9-20/h2-6,8,10-11,14H,7,9H2,1H3/b19-16-,20-18+. The van der Waals surface area contributed by atoms with Gasteiger partial charge in [0.05, 0.1) is 0 Å². The molecule has 20 heavy (non-hydrogen) atoms. The van der Waals surface area contributed by atoms with Crippen molar-refractivity contribution in [2.24, 2.45) is 5.92 Å². The second-order valence-corrected chi connectivity index (χ2v) is 11.0. The molecule has 0 fully saturated rings. The Hall–Kier alpha value is -1.39. The van der Waals surface area contributed by atoms with Crippen molar-refractivity contribution < 1.29 is 0 Å². The van der Waals surface area contributed by atoms with Gasteiger partial charge >= 0.3 is 0 Å². The summed E-state index contributed by atoms with van der Waals surface area (Å²) in [6.07, 6.45) is 14.2. The molecule has 0 saturated carbocycles. The molecule has 6 rings (SSSR count). The van der Waals surface area contributed by atoms with Crippen molar-refractivity contribution in [1.29, 1.82) is 0 Å². The van der Waals surface area contributed by atoms with Crippen LogP contribution in [-0.4, -0.2) is 27.2 Å². The Morgan fingerprint density at radius 1 is 1.05 bits per heavy atom. The average Bonchev–Trinajstić information content (AvgIpc) is 2.87. The first kappa shape index (κ1) is 11.3. The van der Waals surface area contributed by atoms with Gasteiger partial charge in [-0.2, -0.15) is 0 Å². The molecular weight excluding hydrogens is 272 g/mol. The Labute approximate surface area is 122 Å². The molecule has 2 heteroatoms. The molecule has 1 atom stereocenters. The van der Waals surface area contributed by atoms with E-state index in [-0.39, 0.29) is 0 Å². The van der Waals surface area contributed by atoms with Gasteiger partial charge in [0, 0.05) is 22.7 Å². The number of hydrogen-bond acceptors (Lipinski definition) is 0. The largest absolute Gasteiger partial charge is 0.0816 e. The summed E-state index contributed by atoms with van der Waals surface area (Å²) in [5.41, 5.74) is 11.6. The SMILES string of the molecule is CC1=CC2=C3C/1=[Si]1C=C/[Si](=C/2C=C2C=CC=CC23)CC\1. The van der Waals surface area contributed by atoms with Crippen molar-refractivity contribution in [2.45, 2.75) is 19.0 Å². The Balaban J connectivity index is 1.91. The average molecular weight is 288 g/mol. The van der Waals surface area contributed by atoms with Gasteiger partial charge < -0.3 is 0 Å². The van der Waals surface area contributed by atoms with Crippen LogP contribution in [0.5, 0.6) is 0 Å². The summed E-state index contributed by atoms with van der Waals surface area (Å²) in [6.45, 7) is 2.34. The quantitative estimate of drug-likeness (QED) is 0.601. The van der Waals surface area contributed by atoms with Gasteiger partial charge in [-0.25, -0.2) is 0 Å². The molecule has 6 aliphatic rings. The fourth-order valence-electron chi connectivity index (χ4n) is 4.22. The summed E-state index contributed by atoms with van der Waals surface area (Å²) in [5.74, 6) is 0.537. The van der Waals surface area contributed by atoms with Gasteiger partial charge in [0.15, 0.2) is 0 Å². The summed E-state index contributed by atoms with van der Waals surface area (Å²) in [4.78, 5) is 0. The van der Waals surface area contributed by atoms with E-state index in [0.717, 1.165) is 0 Å². The van der Waals surface area contributed by atoms with Gasteiger partial charge in [-0.3, -0.25) is 0 Å². The topological polar surface area (TPSA) is 0 Å². The van der Waals surface area contributed by atoms with E-state index in [1.807, 2.05) is 0 Å². The van der Waals surface area contributed by atoms with Crippen LogP contribution in [0, 0.1) is 5.92 Å². The van der Waals surface area contributed by atoms with Crippen molar-refractivity contribution in [3.05, 3.63) is 70.1 Å². The van der Waals surface area contributed by atoms with Crippen LogP contribution < -0.4 is 0 Å². The second kappa shape index (κ2) is 3.83. The van der Waals surface area contributed by atoms with Gasteiger partial charge in [-0.1, -0.05) is 47.9 Å². The molecule has 0 saturated heterocycles. The lowest BCUT2D eigenvalue weighted by Gasteiger charge is -2.32. The Kier molecular flexibility index (Phi) is 2.16. The Morgan fingerprint density at radius 3 is 2.75 bits per heavy atom. The molecule has 0 nitrogen and oxygen atoms in total. The summed E-state index contributed by atoms with van der Waals surface area (Å²) in [6, 6.07) is 2.92. The van der Waals surface area contributed by atoms with E-state index in [0.29, 0.717) is 5.92 Å². The highest BCUT2D eigenvalue weighted by molar-refractivity contribution is 6.90. The minimum atomic E-state index is -0.446. The summed E-state index contributed by atoms with van der Waals surface area (Å²) < 4.78 is 0. The fourth-order valence-corrected chi connectivity index (χ4v) is 11.3. The summed E-state index contributed by atoms with van der Waals surface area (Å²) in [7, 11) is -0.884. The van der Waals surface area contributed by atoms with Crippen LogP contribution >= 0.6 is 0 Å². The molecule has 0 radical (unpaired) electrons. The van der Waals surface area contributed by atoms with Crippen molar-refractivity contribution in [3.63, 3.8) is 0 Å². The first-order valence-electron chi connectivity index (χ1n) is 7.47. The van der Waals surface area contributed by atoms with Gasteiger partial charge in [0.1, 0.15) is 0 Å². The molecule has 0 aromatic rings. The van der Waals surface area contributed by atoms with Gasteiger partial charge in [0.25, 0.3) is 0 Å². The van der Waals surface area contributed by atoms with Crippen LogP contribution in [0.3, 0.4) is 0 Å². The van der Waals surface area contributed by atoms with Gasteiger partial charge in [0.2, 0.25) is 0 Å². The lowest BCUT2D eigenvalue weighted by molar-refractivity contribution is 0.953. The second-order valence-electron chi connectivity index (χ2n) is 6.19. The first-order chi connectivity index (χ1) is 9.83. The maximum Gasteiger partial charge on any atom is 0.0462 e. The van der Waals surface area contributed by atoms with Crippen LogP contribution in [0.25, 0.3) is 0 Å². The van der Waals surface area contributed by atoms with E-state index in [1.54, 1.807) is 27.1 Å². The Morgan fingerprint density at radius 2 is 1.90 bits per heavy atom. The molecule has 0 amide bonds. The van der Waals surface area contributed by atoms with Crippen molar-refractivity contribution >= 4 is 27.2 Å². The molecule has 0 aromatic carbocycles. The van der Waals surface area contributed by atoms with E-state index in [4.69, 9.17) is 0 Å². The third-order valence-electron chi connectivity index (χ3n) is 5.11. The maximum absolute atomic E-state index is 2.62. The highest BCUT2D eigenvalue weighted by Gasteiger charge is 2.35. The van der Waals surface area contributed by atoms with Crippen molar-refractivity contribution in [3.8, 4) is 0 Å². The van der Waals surface area contributed by atoms with Crippen LogP contribution in [0.1, 0.15) is 6.92 Å². The fraction of sp³-hybridized carbons (Fsp3) is 0.222. The molecule has 0 N–H and O–H groups in total. The zero-order chi connectivity index (χ0) is 13.3. The van der Waals surface area contributed by atoms with Crippen LogP contribution in [0.15, 0.2) is 70.1 Å². The minimum absolute atomic E-state index is 0.439. The molecule has 1 unspecified atom stereocenters. The van der Waals surface area contributed by atoms with E-state index in [1.165, 1.54) is 17.7 Å². The monoisotopic (exact) mass is 288 g/mol.